The molecule has 0 aliphatic heterocycles. The number of hydrogen-bond acceptors (Lipinski definition) is 4. The Bertz CT molecular complexity index is 958. The normalized spacial score (nSPS) is 12.3. The zero-order valence-electron chi connectivity index (χ0n) is 16.0. The summed E-state index contributed by atoms with van der Waals surface area (Å²) in [6.45, 7) is 2.04. The largest absolute Gasteiger partial charge is 0.484 e. The maximum atomic E-state index is 12.4. The van der Waals surface area contributed by atoms with Crippen molar-refractivity contribution in [1.82, 2.24) is 4.31 Å². The highest BCUT2D eigenvalue weighted by molar-refractivity contribution is 7.89. The first-order chi connectivity index (χ1) is 13.4. The van der Waals surface area contributed by atoms with Crippen molar-refractivity contribution in [2.75, 3.05) is 19.0 Å². The van der Waals surface area contributed by atoms with E-state index in [0.717, 1.165) is 0 Å². The molecular weight excluding hydrogens is 409 g/mol. The number of hydrogen-bond donors (Lipinski definition) is 1. The number of anilines is 1. The average molecular weight is 430 g/mol. The van der Waals surface area contributed by atoms with Crippen molar-refractivity contribution in [2.24, 2.45) is 0 Å². The predicted molar refractivity (Wildman–Crippen MR) is 102 cm³/mol. The second-order valence-corrected chi connectivity index (χ2v) is 8.52. The van der Waals surface area contributed by atoms with Crippen LogP contribution in [-0.2, 0) is 10.0 Å². The molecule has 0 aromatic heterocycles. The fourth-order valence-corrected chi connectivity index (χ4v) is 3.62. The third kappa shape index (κ3) is 6.20. The number of carbonyl (C=O) groups excluding carboxylic acids is 1. The van der Waals surface area contributed by atoms with Crippen LogP contribution in [0.1, 0.15) is 24.2 Å². The van der Waals surface area contributed by atoms with Gasteiger partial charge in [-0.25, -0.2) is 8.42 Å². The monoisotopic (exact) mass is 430 g/mol. The highest BCUT2D eigenvalue weighted by Gasteiger charge is 2.28. The van der Waals surface area contributed by atoms with E-state index in [1.807, 2.05) is 0 Å². The van der Waals surface area contributed by atoms with Crippen LogP contribution in [0.4, 0.5) is 18.9 Å². The molecule has 1 amide bonds. The Kier molecular flexibility index (Phi) is 6.91. The molecule has 0 saturated carbocycles. The van der Waals surface area contributed by atoms with E-state index in [0.29, 0.717) is 0 Å². The second kappa shape index (κ2) is 8.83. The van der Waals surface area contributed by atoms with Crippen LogP contribution < -0.4 is 10.1 Å². The lowest BCUT2D eigenvalue weighted by molar-refractivity contribution is -0.153. The summed E-state index contributed by atoms with van der Waals surface area (Å²) in [5.74, 6) is -0.586. The fraction of sp³-hybridized carbons (Fsp3) is 0.316. The van der Waals surface area contributed by atoms with Gasteiger partial charge in [0.1, 0.15) is 5.75 Å². The molecule has 2 aromatic carbocycles. The minimum atomic E-state index is -4.47. The number of alkyl halides is 3. The van der Waals surface area contributed by atoms with E-state index in [9.17, 15) is 26.4 Å². The number of halogens is 3. The molecule has 0 aliphatic carbocycles. The van der Waals surface area contributed by atoms with E-state index in [1.165, 1.54) is 59.9 Å². The van der Waals surface area contributed by atoms with Crippen LogP contribution in [0.5, 0.6) is 5.75 Å². The molecule has 158 valence electrons. The van der Waals surface area contributed by atoms with Crippen LogP contribution in [-0.4, -0.2) is 44.5 Å². The molecule has 10 heteroatoms. The first kappa shape index (κ1) is 22.7. The van der Waals surface area contributed by atoms with Gasteiger partial charge in [-0.3, -0.25) is 4.79 Å². The summed E-state index contributed by atoms with van der Waals surface area (Å²) in [6, 6.07) is 10.7. The lowest BCUT2D eigenvalue weighted by Crippen LogP contribution is -2.33. The topological polar surface area (TPSA) is 75.7 Å². The minimum Gasteiger partial charge on any atom is -0.484 e. The lowest BCUT2D eigenvalue weighted by Gasteiger charge is -2.21. The van der Waals surface area contributed by atoms with Crippen molar-refractivity contribution in [3.63, 3.8) is 0 Å². The third-order valence-electron chi connectivity index (χ3n) is 4.02. The summed E-state index contributed by atoms with van der Waals surface area (Å²) in [7, 11) is -2.20. The zero-order valence-corrected chi connectivity index (χ0v) is 16.8. The zero-order chi connectivity index (χ0) is 21.8. The smallest absolute Gasteiger partial charge is 0.422 e. The van der Waals surface area contributed by atoms with Crippen molar-refractivity contribution in [1.29, 1.82) is 0 Å². The Morgan fingerprint density at radius 2 is 1.76 bits per heavy atom. The molecule has 0 aliphatic rings. The van der Waals surface area contributed by atoms with E-state index in [1.54, 1.807) is 13.8 Å². The quantitative estimate of drug-likeness (QED) is 0.723. The van der Waals surface area contributed by atoms with Gasteiger partial charge in [0.15, 0.2) is 6.61 Å². The highest BCUT2D eigenvalue weighted by atomic mass is 32.2. The Balaban J connectivity index is 2.10. The van der Waals surface area contributed by atoms with Gasteiger partial charge >= 0.3 is 6.18 Å². The number of ether oxygens (including phenoxy) is 1. The van der Waals surface area contributed by atoms with E-state index >= 15 is 0 Å². The number of amides is 1. The Labute approximate surface area is 167 Å². The van der Waals surface area contributed by atoms with Gasteiger partial charge in [0.05, 0.1) is 4.90 Å². The maximum absolute atomic E-state index is 12.4. The summed E-state index contributed by atoms with van der Waals surface area (Å²) >= 11 is 0. The minimum absolute atomic E-state index is 0.0433. The molecule has 0 spiro atoms. The molecule has 2 rings (SSSR count). The number of rotatable bonds is 7. The van der Waals surface area contributed by atoms with Crippen LogP contribution in [0.2, 0.25) is 0 Å². The van der Waals surface area contributed by atoms with Crippen LogP contribution in [0.3, 0.4) is 0 Å². The molecule has 6 nitrogen and oxygen atoms in total. The van der Waals surface area contributed by atoms with Gasteiger partial charge in [0.25, 0.3) is 5.91 Å². The third-order valence-corrected chi connectivity index (χ3v) is 6.06. The lowest BCUT2D eigenvalue weighted by atomic mass is 10.2. The Morgan fingerprint density at radius 3 is 2.31 bits per heavy atom. The van der Waals surface area contributed by atoms with E-state index < -0.39 is 28.7 Å². The summed E-state index contributed by atoms with van der Waals surface area (Å²) in [4.78, 5) is 12.4. The summed E-state index contributed by atoms with van der Waals surface area (Å²) < 4.78 is 67.5. The SMILES string of the molecule is CC(C)N(C)S(=O)(=O)c1ccc(C(=O)Nc2cccc(OCC(F)(F)F)c2)cc1. The number of benzene rings is 2. The maximum Gasteiger partial charge on any atom is 0.422 e. The fourth-order valence-electron chi connectivity index (χ4n) is 2.25. The van der Waals surface area contributed by atoms with Gasteiger partial charge in [-0.2, -0.15) is 17.5 Å². The van der Waals surface area contributed by atoms with E-state index in [-0.39, 0.29) is 27.9 Å². The Morgan fingerprint density at radius 1 is 1.14 bits per heavy atom. The molecule has 1 N–H and O–H groups in total. The van der Waals surface area contributed by atoms with Crippen molar-refractivity contribution < 1.29 is 31.1 Å². The molecule has 2 aromatic rings. The molecular formula is C19H21F3N2O4S. The van der Waals surface area contributed by atoms with Gasteiger partial charge < -0.3 is 10.1 Å². The molecule has 0 saturated heterocycles. The summed E-state index contributed by atoms with van der Waals surface area (Å²) in [5.41, 5.74) is 0.434. The molecule has 29 heavy (non-hydrogen) atoms. The van der Waals surface area contributed by atoms with Gasteiger partial charge in [0, 0.05) is 30.4 Å². The van der Waals surface area contributed by atoms with Crippen molar-refractivity contribution in [3.8, 4) is 5.75 Å². The number of nitrogens with one attached hydrogen (secondary N) is 1. The number of nitrogens with zero attached hydrogens (tertiary/aromatic N) is 1. The molecule has 0 unspecified atom stereocenters. The highest BCUT2D eigenvalue weighted by Crippen LogP contribution is 2.22. The molecule has 0 radical (unpaired) electrons. The molecule has 0 heterocycles. The van der Waals surface area contributed by atoms with Crippen LogP contribution >= 0.6 is 0 Å². The number of carbonyl (C=O) groups is 1. The van der Waals surface area contributed by atoms with Crippen molar-refractivity contribution in [2.45, 2.75) is 31.0 Å². The van der Waals surface area contributed by atoms with Crippen molar-refractivity contribution in [3.05, 3.63) is 54.1 Å². The van der Waals surface area contributed by atoms with E-state index in [4.69, 9.17) is 0 Å². The van der Waals surface area contributed by atoms with Gasteiger partial charge in [-0.1, -0.05) is 6.07 Å². The van der Waals surface area contributed by atoms with Gasteiger partial charge in [0.2, 0.25) is 10.0 Å². The molecule has 0 bridgehead atoms. The number of sulfonamides is 1. The van der Waals surface area contributed by atoms with Gasteiger partial charge in [-0.05, 0) is 50.2 Å². The molecule has 0 fully saturated rings. The molecule has 0 atom stereocenters. The van der Waals surface area contributed by atoms with Crippen molar-refractivity contribution >= 4 is 21.6 Å². The first-order valence-corrected chi connectivity index (χ1v) is 10.0. The summed E-state index contributed by atoms with van der Waals surface area (Å²) in [5, 5.41) is 2.53. The average Bonchev–Trinajstić information content (AvgIpc) is 2.65. The van der Waals surface area contributed by atoms with Crippen LogP contribution in [0.25, 0.3) is 0 Å². The van der Waals surface area contributed by atoms with Crippen LogP contribution in [0.15, 0.2) is 53.4 Å². The van der Waals surface area contributed by atoms with Crippen LogP contribution in [0, 0.1) is 0 Å². The summed E-state index contributed by atoms with van der Waals surface area (Å²) in [6.07, 6.45) is -4.47. The van der Waals surface area contributed by atoms with E-state index in [2.05, 4.69) is 10.1 Å². The van der Waals surface area contributed by atoms with Gasteiger partial charge in [-0.15, -0.1) is 0 Å². The predicted octanol–water partition coefficient (Wildman–Crippen LogP) is 3.91. The standard InChI is InChI=1S/C19H21F3N2O4S/c1-13(2)24(3)29(26,27)17-9-7-14(8-10-17)18(25)23-15-5-4-6-16(11-15)28-12-19(20,21)22/h4-11,13H,12H2,1-3H3,(H,23,25). The second-order valence-electron chi connectivity index (χ2n) is 6.53. The first-order valence-electron chi connectivity index (χ1n) is 8.59. The Hall–Kier alpha value is -2.59.